The Morgan fingerprint density at radius 1 is 1.03 bits per heavy atom. The van der Waals surface area contributed by atoms with E-state index in [9.17, 15) is 18.4 Å². The van der Waals surface area contributed by atoms with Gasteiger partial charge in [-0.05, 0) is 37.1 Å². The molecule has 0 amide bonds. The van der Waals surface area contributed by atoms with Crippen LogP contribution in [-0.2, 0) is 9.53 Å². The maximum absolute atomic E-state index is 14.0. The number of hydrogen-bond acceptors (Lipinski definition) is 7. The minimum absolute atomic E-state index is 0.221. The van der Waals surface area contributed by atoms with Gasteiger partial charge in [0, 0.05) is 49.9 Å². The molecule has 3 heterocycles. The summed E-state index contributed by atoms with van der Waals surface area (Å²) >= 11 is 0. The molecule has 1 aromatic heterocycles. The van der Waals surface area contributed by atoms with Crippen LogP contribution in [-0.4, -0.2) is 38.8 Å². The van der Waals surface area contributed by atoms with Crippen molar-refractivity contribution in [1.29, 1.82) is 0 Å². The number of rotatable bonds is 4. The van der Waals surface area contributed by atoms with Gasteiger partial charge in [0.1, 0.15) is 23.0 Å². The van der Waals surface area contributed by atoms with Gasteiger partial charge in [-0.3, -0.25) is 9.59 Å². The molecule has 1 atom stereocenters. The third-order valence-corrected chi connectivity index (χ3v) is 6.19. The molecule has 2 aliphatic heterocycles. The summed E-state index contributed by atoms with van der Waals surface area (Å²) in [5.74, 6) is -1.20. The van der Waals surface area contributed by atoms with E-state index in [0.717, 1.165) is 12.5 Å². The molecule has 5 rings (SSSR count). The molecule has 2 fully saturated rings. The molecule has 2 aliphatic rings. The quantitative estimate of drug-likeness (QED) is 0.419. The van der Waals surface area contributed by atoms with Crippen molar-refractivity contribution in [3.8, 4) is 5.75 Å². The Morgan fingerprint density at radius 3 is 2.47 bits per heavy atom. The second-order valence-electron chi connectivity index (χ2n) is 8.51. The molecule has 178 valence electrons. The first-order valence-electron chi connectivity index (χ1n) is 11.2. The normalized spacial score (nSPS) is 18.5. The third-order valence-electron chi connectivity index (χ3n) is 6.19. The number of morpholine rings is 1. The summed E-state index contributed by atoms with van der Waals surface area (Å²) in [5.41, 5.74) is 1.14. The van der Waals surface area contributed by atoms with E-state index in [1.165, 1.54) is 31.2 Å². The van der Waals surface area contributed by atoms with Crippen LogP contribution in [0.2, 0.25) is 0 Å². The molecule has 0 unspecified atom stereocenters. The zero-order valence-electron chi connectivity index (χ0n) is 18.7. The van der Waals surface area contributed by atoms with E-state index in [2.05, 4.69) is 0 Å². The summed E-state index contributed by atoms with van der Waals surface area (Å²) in [5, 5.41) is 0.281. The van der Waals surface area contributed by atoms with Crippen LogP contribution in [0.5, 0.6) is 5.75 Å². The molecule has 0 N–H and O–H groups in total. The van der Waals surface area contributed by atoms with Crippen molar-refractivity contribution in [2.45, 2.75) is 25.8 Å². The molecule has 9 heteroatoms. The van der Waals surface area contributed by atoms with E-state index in [-0.39, 0.29) is 22.6 Å². The zero-order chi connectivity index (χ0) is 23.8. The smallest absolute Gasteiger partial charge is 0.308 e. The first kappa shape index (κ1) is 22.3. The number of ether oxygens (including phenoxy) is 2. The SMILES string of the molecule is CC(=O)Oc1cc([C@H]2CCCN2c2cc(F)cc(F)c2)c2oc(N3CCOCC3)cc(=O)c2c1. The van der Waals surface area contributed by atoms with Crippen LogP contribution in [0, 0.1) is 11.6 Å². The molecular formula is C25H24F2N2O5. The van der Waals surface area contributed by atoms with Crippen molar-refractivity contribution >= 4 is 28.5 Å². The predicted molar refractivity (Wildman–Crippen MR) is 123 cm³/mol. The number of nitrogens with zero attached hydrogens (tertiary/aromatic N) is 2. The Morgan fingerprint density at radius 2 is 1.76 bits per heavy atom. The van der Waals surface area contributed by atoms with Crippen LogP contribution in [0.15, 0.2) is 45.6 Å². The van der Waals surface area contributed by atoms with Gasteiger partial charge in [0.05, 0.1) is 24.6 Å². The topological polar surface area (TPSA) is 72.2 Å². The van der Waals surface area contributed by atoms with Crippen LogP contribution in [0.4, 0.5) is 20.4 Å². The molecule has 2 saturated heterocycles. The van der Waals surface area contributed by atoms with Gasteiger partial charge in [-0.2, -0.15) is 0 Å². The second-order valence-corrected chi connectivity index (χ2v) is 8.51. The fourth-order valence-electron chi connectivity index (χ4n) is 4.76. The number of anilines is 2. The predicted octanol–water partition coefficient (Wildman–Crippen LogP) is 4.17. The van der Waals surface area contributed by atoms with Crippen molar-refractivity contribution in [2.75, 3.05) is 42.6 Å². The summed E-state index contributed by atoms with van der Waals surface area (Å²) in [6.45, 7) is 4.09. The number of carbonyl (C=O) groups excluding carboxylic acids is 1. The molecule has 2 aromatic carbocycles. The monoisotopic (exact) mass is 470 g/mol. The third kappa shape index (κ3) is 4.35. The summed E-state index contributed by atoms with van der Waals surface area (Å²) in [7, 11) is 0. The Kier molecular flexibility index (Phi) is 5.95. The van der Waals surface area contributed by atoms with Gasteiger partial charge in [-0.1, -0.05) is 0 Å². The summed E-state index contributed by atoms with van der Waals surface area (Å²) in [6.07, 6.45) is 1.44. The highest BCUT2D eigenvalue weighted by Gasteiger charge is 2.31. The molecule has 0 spiro atoms. The van der Waals surface area contributed by atoms with Crippen molar-refractivity contribution < 1.29 is 27.5 Å². The van der Waals surface area contributed by atoms with E-state index in [1.54, 1.807) is 6.07 Å². The van der Waals surface area contributed by atoms with E-state index in [1.807, 2.05) is 9.80 Å². The average molecular weight is 470 g/mol. The minimum Gasteiger partial charge on any atom is -0.440 e. The molecule has 0 saturated carbocycles. The van der Waals surface area contributed by atoms with Gasteiger partial charge in [0.15, 0.2) is 11.3 Å². The molecule has 0 bridgehead atoms. The standard InChI is InChI=1S/C25H24F2N2O5/c1-15(30)33-19-12-20(22-3-2-4-29(22)18-10-16(26)9-17(27)11-18)25-21(13-19)23(31)14-24(34-25)28-5-7-32-8-6-28/h9-14,22H,2-8H2,1H3/t22-/m1/s1. The lowest BCUT2D eigenvalue weighted by atomic mass is 10.00. The van der Waals surface area contributed by atoms with E-state index < -0.39 is 17.6 Å². The van der Waals surface area contributed by atoms with Crippen LogP contribution in [0.25, 0.3) is 11.0 Å². The van der Waals surface area contributed by atoms with Crippen molar-refractivity contribution in [3.63, 3.8) is 0 Å². The van der Waals surface area contributed by atoms with Gasteiger partial charge in [0.25, 0.3) is 0 Å². The molecule has 34 heavy (non-hydrogen) atoms. The van der Waals surface area contributed by atoms with Gasteiger partial charge >= 0.3 is 5.97 Å². The molecule has 0 aliphatic carbocycles. The Bertz CT molecular complexity index is 1280. The highest BCUT2D eigenvalue weighted by Crippen LogP contribution is 2.41. The molecule has 3 aromatic rings. The van der Waals surface area contributed by atoms with Gasteiger partial charge in [0.2, 0.25) is 0 Å². The second kappa shape index (κ2) is 9.06. The lowest BCUT2D eigenvalue weighted by Gasteiger charge is -2.29. The zero-order valence-corrected chi connectivity index (χ0v) is 18.7. The first-order chi connectivity index (χ1) is 16.4. The highest BCUT2D eigenvalue weighted by molar-refractivity contribution is 5.85. The lowest BCUT2D eigenvalue weighted by molar-refractivity contribution is -0.131. The number of carbonyl (C=O) groups is 1. The Balaban J connectivity index is 1.67. The summed E-state index contributed by atoms with van der Waals surface area (Å²) in [4.78, 5) is 28.6. The number of fused-ring (bicyclic) bond motifs is 1. The van der Waals surface area contributed by atoms with Crippen molar-refractivity contribution in [1.82, 2.24) is 0 Å². The van der Waals surface area contributed by atoms with Crippen LogP contribution >= 0.6 is 0 Å². The number of esters is 1. The Hall–Kier alpha value is -3.46. The number of halogens is 2. The molecule has 0 radical (unpaired) electrons. The van der Waals surface area contributed by atoms with Crippen LogP contribution < -0.4 is 20.0 Å². The number of benzene rings is 2. The van der Waals surface area contributed by atoms with E-state index in [4.69, 9.17) is 13.9 Å². The van der Waals surface area contributed by atoms with Gasteiger partial charge in [-0.15, -0.1) is 0 Å². The number of hydrogen-bond donors (Lipinski definition) is 0. The fraction of sp³-hybridized carbons (Fsp3) is 0.360. The van der Waals surface area contributed by atoms with Crippen molar-refractivity contribution in [2.24, 2.45) is 0 Å². The summed E-state index contributed by atoms with van der Waals surface area (Å²) < 4.78 is 45.0. The fourth-order valence-corrected chi connectivity index (χ4v) is 4.76. The van der Waals surface area contributed by atoms with Gasteiger partial charge < -0.3 is 23.7 Å². The average Bonchev–Trinajstić information content (AvgIpc) is 3.28. The molecular weight excluding hydrogens is 446 g/mol. The highest BCUT2D eigenvalue weighted by atomic mass is 19.1. The van der Waals surface area contributed by atoms with Crippen LogP contribution in [0.3, 0.4) is 0 Å². The summed E-state index contributed by atoms with van der Waals surface area (Å²) in [6, 6.07) is 7.68. The van der Waals surface area contributed by atoms with E-state index >= 15 is 0 Å². The minimum atomic E-state index is -0.666. The van der Waals surface area contributed by atoms with Gasteiger partial charge in [-0.25, -0.2) is 8.78 Å². The van der Waals surface area contributed by atoms with Crippen LogP contribution in [0.1, 0.15) is 31.4 Å². The van der Waals surface area contributed by atoms with E-state index in [0.29, 0.717) is 62.0 Å². The largest absolute Gasteiger partial charge is 0.440 e. The molecule has 7 nitrogen and oxygen atoms in total. The van der Waals surface area contributed by atoms with Crippen molar-refractivity contribution in [3.05, 3.63) is 63.8 Å². The lowest BCUT2D eigenvalue weighted by Crippen LogP contribution is -2.36. The maximum Gasteiger partial charge on any atom is 0.308 e. The first-order valence-corrected chi connectivity index (χ1v) is 11.2. The Labute approximate surface area is 194 Å². The maximum atomic E-state index is 14.0.